The Morgan fingerprint density at radius 1 is 1.70 bits per heavy atom. The van der Waals surface area contributed by atoms with Crippen LogP contribution < -0.4 is 5.32 Å². The molecule has 6 nitrogen and oxygen atoms in total. The molecule has 1 saturated carbocycles. The van der Waals surface area contributed by atoms with E-state index in [1.54, 1.807) is 38.0 Å². The minimum Gasteiger partial charge on any atom is -0.383 e. The molecule has 20 heavy (non-hydrogen) atoms. The molecule has 0 aliphatic heterocycles. The highest BCUT2D eigenvalue weighted by Gasteiger charge is 2.27. The summed E-state index contributed by atoms with van der Waals surface area (Å²) in [5.74, 6) is 0.429. The van der Waals surface area contributed by atoms with Gasteiger partial charge in [-0.15, -0.1) is 0 Å². The average molecular weight is 281 g/mol. The van der Waals surface area contributed by atoms with Crippen molar-refractivity contribution in [2.45, 2.75) is 38.4 Å². The lowest BCUT2D eigenvalue weighted by atomic mass is 10.00. The molecule has 0 radical (unpaired) electrons. The minimum absolute atomic E-state index is 0.134. The zero-order valence-corrected chi connectivity index (χ0v) is 12.3. The van der Waals surface area contributed by atoms with E-state index in [4.69, 9.17) is 4.74 Å². The summed E-state index contributed by atoms with van der Waals surface area (Å²) in [6.07, 6.45) is 5.24. The van der Waals surface area contributed by atoms with Crippen LogP contribution in [0, 0.1) is 5.92 Å². The van der Waals surface area contributed by atoms with Crippen LogP contribution in [0.25, 0.3) is 0 Å². The van der Waals surface area contributed by atoms with Crippen LogP contribution in [0.5, 0.6) is 0 Å². The summed E-state index contributed by atoms with van der Waals surface area (Å²) in [5.41, 5.74) is -0.466. The summed E-state index contributed by atoms with van der Waals surface area (Å²) in [5, 5.41) is 17.1. The van der Waals surface area contributed by atoms with E-state index in [1.165, 1.54) is 12.8 Å². The highest BCUT2D eigenvalue weighted by Crippen LogP contribution is 2.29. The standard InChI is InChI=1S/C14H23N3O3/c1-10(20-8-11-4-5-11)13(18)15-9-14(2,19)12-6-16-17(3)7-12/h6-7,10-11,19H,4-5,8-9H2,1-3H3,(H,15,18). The first-order valence-corrected chi connectivity index (χ1v) is 6.99. The Kier molecular flexibility index (Phi) is 4.45. The summed E-state index contributed by atoms with van der Waals surface area (Å²) in [6.45, 7) is 4.17. The predicted octanol–water partition coefficient (Wildman–Crippen LogP) is 0.559. The summed E-state index contributed by atoms with van der Waals surface area (Å²) < 4.78 is 7.11. The number of carbonyl (C=O) groups is 1. The van der Waals surface area contributed by atoms with Crippen LogP contribution >= 0.6 is 0 Å². The first-order valence-electron chi connectivity index (χ1n) is 6.99. The third-order valence-corrected chi connectivity index (χ3v) is 3.58. The molecular weight excluding hydrogens is 258 g/mol. The molecule has 1 aliphatic rings. The smallest absolute Gasteiger partial charge is 0.248 e. The van der Waals surface area contributed by atoms with Gasteiger partial charge in [-0.2, -0.15) is 5.10 Å². The molecule has 1 heterocycles. The van der Waals surface area contributed by atoms with Gasteiger partial charge in [0.05, 0.1) is 19.3 Å². The van der Waals surface area contributed by atoms with Gasteiger partial charge < -0.3 is 15.2 Å². The van der Waals surface area contributed by atoms with Gasteiger partial charge in [0.2, 0.25) is 5.91 Å². The van der Waals surface area contributed by atoms with Gasteiger partial charge in [0.15, 0.2) is 0 Å². The Labute approximate surface area is 119 Å². The molecule has 112 valence electrons. The third kappa shape index (κ3) is 4.05. The van der Waals surface area contributed by atoms with Gasteiger partial charge in [0.1, 0.15) is 11.7 Å². The monoisotopic (exact) mass is 281 g/mol. The van der Waals surface area contributed by atoms with Crippen molar-refractivity contribution in [1.29, 1.82) is 0 Å². The van der Waals surface area contributed by atoms with Crippen LogP contribution in [0.2, 0.25) is 0 Å². The summed E-state index contributed by atoms with van der Waals surface area (Å²) in [6, 6.07) is 0. The zero-order chi connectivity index (χ0) is 14.8. The highest BCUT2D eigenvalue weighted by molar-refractivity contribution is 5.80. The number of ether oxygens (including phenoxy) is 1. The van der Waals surface area contributed by atoms with Crippen molar-refractivity contribution in [2.75, 3.05) is 13.2 Å². The normalized spacial score (nSPS) is 19.4. The lowest BCUT2D eigenvalue weighted by Crippen LogP contribution is -2.43. The largest absolute Gasteiger partial charge is 0.383 e. The Morgan fingerprint density at radius 3 is 2.95 bits per heavy atom. The van der Waals surface area contributed by atoms with E-state index in [9.17, 15) is 9.90 Å². The highest BCUT2D eigenvalue weighted by atomic mass is 16.5. The van der Waals surface area contributed by atoms with Gasteiger partial charge in [0, 0.05) is 18.8 Å². The van der Waals surface area contributed by atoms with Crippen molar-refractivity contribution in [3.63, 3.8) is 0 Å². The van der Waals surface area contributed by atoms with Crippen molar-refractivity contribution < 1.29 is 14.6 Å². The Hall–Kier alpha value is -1.40. The lowest BCUT2D eigenvalue weighted by molar-refractivity contribution is -0.133. The van der Waals surface area contributed by atoms with E-state index in [0.29, 0.717) is 18.1 Å². The number of rotatable bonds is 7. The topological polar surface area (TPSA) is 76.4 Å². The average Bonchev–Trinajstić information content (AvgIpc) is 3.13. The Balaban J connectivity index is 1.78. The van der Waals surface area contributed by atoms with Crippen LogP contribution in [0.3, 0.4) is 0 Å². The maximum Gasteiger partial charge on any atom is 0.248 e. The SMILES string of the molecule is CC(OCC1CC1)C(=O)NCC(C)(O)c1cnn(C)c1. The number of nitrogens with zero attached hydrogens (tertiary/aromatic N) is 2. The molecule has 6 heteroatoms. The van der Waals surface area contributed by atoms with Crippen LogP contribution in [0.15, 0.2) is 12.4 Å². The molecule has 0 bridgehead atoms. The second kappa shape index (κ2) is 5.93. The fourth-order valence-electron chi connectivity index (χ4n) is 1.84. The molecule has 0 aromatic carbocycles. The first-order chi connectivity index (χ1) is 9.38. The van der Waals surface area contributed by atoms with Gasteiger partial charge in [-0.3, -0.25) is 9.48 Å². The fraction of sp³-hybridized carbons (Fsp3) is 0.714. The van der Waals surface area contributed by atoms with Crippen molar-refractivity contribution in [3.05, 3.63) is 18.0 Å². The number of carbonyl (C=O) groups excluding carboxylic acids is 1. The van der Waals surface area contributed by atoms with Gasteiger partial charge >= 0.3 is 0 Å². The number of aliphatic hydroxyl groups is 1. The number of hydrogen-bond acceptors (Lipinski definition) is 4. The molecular formula is C14H23N3O3. The molecule has 1 aliphatic carbocycles. The maximum absolute atomic E-state index is 11.9. The van der Waals surface area contributed by atoms with Crippen molar-refractivity contribution in [3.8, 4) is 0 Å². The van der Waals surface area contributed by atoms with E-state index >= 15 is 0 Å². The molecule has 1 aromatic heterocycles. The van der Waals surface area contributed by atoms with Crippen molar-refractivity contribution in [1.82, 2.24) is 15.1 Å². The summed E-state index contributed by atoms with van der Waals surface area (Å²) in [7, 11) is 1.78. The van der Waals surface area contributed by atoms with Crippen LogP contribution in [0.4, 0.5) is 0 Å². The number of hydrogen-bond donors (Lipinski definition) is 2. The van der Waals surface area contributed by atoms with Crippen molar-refractivity contribution in [2.24, 2.45) is 13.0 Å². The number of aryl methyl sites for hydroxylation is 1. The molecule has 0 saturated heterocycles. The number of aromatic nitrogens is 2. The second-order valence-electron chi connectivity index (χ2n) is 5.81. The third-order valence-electron chi connectivity index (χ3n) is 3.58. The van der Waals surface area contributed by atoms with Gasteiger partial charge in [0.25, 0.3) is 0 Å². The van der Waals surface area contributed by atoms with E-state index in [2.05, 4.69) is 10.4 Å². The molecule has 2 unspecified atom stereocenters. The predicted molar refractivity (Wildman–Crippen MR) is 73.9 cm³/mol. The Morgan fingerprint density at radius 2 is 2.40 bits per heavy atom. The molecule has 2 rings (SSSR count). The molecule has 1 amide bonds. The van der Waals surface area contributed by atoms with Gasteiger partial charge in [-0.1, -0.05) is 0 Å². The van der Waals surface area contributed by atoms with Crippen LogP contribution in [0.1, 0.15) is 32.3 Å². The molecule has 2 N–H and O–H groups in total. The van der Waals surface area contributed by atoms with E-state index in [-0.39, 0.29) is 12.5 Å². The molecule has 1 fully saturated rings. The van der Waals surface area contributed by atoms with E-state index in [1.807, 2.05) is 0 Å². The molecule has 2 atom stereocenters. The minimum atomic E-state index is -1.14. The number of nitrogens with one attached hydrogen (secondary N) is 1. The van der Waals surface area contributed by atoms with E-state index < -0.39 is 11.7 Å². The van der Waals surface area contributed by atoms with Gasteiger partial charge in [-0.05, 0) is 32.6 Å². The van der Waals surface area contributed by atoms with Crippen LogP contribution in [-0.4, -0.2) is 40.0 Å². The summed E-state index contributed by atoms with van der Waals surface area (Å²) >= 11 is 0. The maximum atomic E-state index is 11.9. The van der Waals surface area contributed by atoms with E-state index in [0.717, 1.165) is 0 Å². The van der Waals surface area contributed by atoms with Crippen LogP contribution in [-0.2, 0) is 22.2 Å². The van der Waals surface area contributed by atoms with Crippen molar-refractivity contribution >= 4 is 5.91 Å². The Bertz CT molecular complexity index is 466. The quantitative estimate of drug-likeness (QED) is 0.765. The summed E-state index contributed by atoms with van der Waals surface area (Å²) in [4.78, 5) is 11.9. The fourth-order valence-corrected chi connectivity index (χ4v) is 1.84. The second-order valence-corrected chi connectivity index (χ2v) is 5.81. The zero-order valence-electron chi connectivity index (χ0n) is 12.3. The first kappa shape index (κ1) is 15.0. The number of amides is 1. The molecule has 0 spiro atoms. The van der Waals surface area contributed by atoms with Gasteiger partial charge in [-0.25, -0.2) is 0 Å². The lowest BCUT2D eigenvalue weighted by Gasteiger charge is -2.23. The molecule has 1 aromatic rings.